The average molecular weight is 469 g/mol. The lowest BCUT2D eigenvalue weighted by Gasteiger charge is -2.26. The zero-order chi connectivity index (χ0) is 24.5. The number of aryl methyl sites for hydroxylation is 1. The Morgan fingerprint density at radius 2 is 1.91 bits per heavy atom. The lowest BCUT2D eigenvalue weighted by Crippen LogP contribution is -2.31. The normalized spacial score (nSPS) is 14.7. The maximum absolute atomic E-state index is 13.7. The van der Waals surface area contributed by atoms with Crippen molar-refractivity contribution in [3.8, 4) is 11.5 Å². The number of pyridine rings is 1. The molecule has 3 heterocycles. The van der Waals surface area contributed by atoms with E-state index in [4.69, 9.17) is 13.9 Å². The number of hydrogen-bond donors (Lipinski definition) is 0. The third kappa shape index (κ3) is 3.75. The molecular weight excluding hydrogens is 444 g/mol. The Bertz CT molecular complexity index is 1510. The summed E-state index contributed by atoms with van der Waals surface area (Å²) < 4.78 is 17.6. The van der Waals surface area contributed by atoms with Crippen LogP contribution in [-0.2, 0) is 0 Å². The predicted octanol–water partition coefficient (Wildman–Crippen LogP) is 5.21. The first-order valence-electron chi connectivity index (χ1n) is 11.4. The highest BCUT2D eigenvalue weighted by Gasteiger charge is 2.45. The van der Waals surface area contributed by atoms with Crippen LogP contribution in [-0.4, -0.2) is 24.1 Å². The van der Waals surface area contributed by atoms with Gasteiger partial charge in [0.05, 0.1) is 23.6 Å². The van der Waals surface area contributed by atoms with Crippen LogP contribution in [0.1, 0.15) is 40.2 Å². The molecule has 35 heavy (non-hydrogen) atoms. The second-order valence-electron chi connectivity index (χ2n) is 8.13. The third-order valence-corrected chi connectivity index (χ3v) is 5.93. The van der Waals surface area contributed by atoms with E-state index >= 15 is 0 Å². The Morgan fingerprint density at radius 3 is 2.69 bits per heavy atom. The minimum atomic E-state index is -0.750. The highest BCUT2D eigenvalue weighted by atomic mass is 16.5. The minimum absolute atomic E-state index is 0.0219. The second-order valence-corrected chi connectivity index (χ2v) is 8.13. The number of fused-ring (bicyclic) bond motifs is 2. The van der Waals surface area contributed by atoms with Crippen molar-refractivity contribution in [3.05, 3.63) is 106 Å². The molecule has 5 rings (SSSR count). The number of aromatic nitrogens is 1. The monoisotopic (exact) mass is 468 g/mol. The SMILES string of the molecule is C=CCOc1ccc(C2c3c(oc4ccccc4c3=O)C(=O)N2c2ncccc2C)cc1OCC. The summed E-state index contributed by atoms with van der Waals surface area (Å²) in [5.41, 5.74) is 1.87. The van der Waals surface area contributed by atoms with Gasteiger partial charge in [-0.1, -0.05) is 36.9 Å². The van der Waals surface area contributed by atoms with E-state index in [-0.39, 0.29) is 16.8 Å². The van der Waals surface area contributed by atoms with Crippen molar-refractivity contribution in [3.63, 3.8) is 0 Å². The molecule has 0 spiro atoms. The summed E-state index contributed by atoms with van der Waals surface area (Å²) in [5.74, 6) is 1.12. The van der Waals surface area contributed by atoms with Crippen LogP contribution in [0.2, 0.25) is 0 Å². The maximum atomic E-state index is 13.7. The number of ether oxygens (including phenoxy) is 2. The fourth-order valence-corrected chi connectivity index (χ4v) is 4.41. The Kier molecular flexibility index (Phi) is 5.82. The summed E-state index contributed by atoms with van der Waals surface area (Å²) in [6, 6.07) is 15.3. The number of anilines is 1. The summed E-state index contributed by atoms with van der Waals surface area (Å²) in [7, 11) is 0. The van der Waals surface area contributed by atoms with Gasteiger partial charge in [-0.25, -0.2) is 4.98 Å². The molecule has 7 heteroatoms. The van der Waals surface area contributed by atoms with Gasteiger partial charge in [0.25, 0.3) is 5.91 Å². The van der Waals surface area contributed by atoms with Crippen molar-refractivity contribution in [1.82, 2.24) is 4.98 Å². The van der Waals surface area contributed by atoms with Crippen LogP contribution < -0.4 is 19.8 Å². The summed E-state index contributed by atoms with van der Waals surface area (Å²) >= 11 is 0. The van der Waals surface area contributed by atoms with Gasteiger partial charge in [0, 0.05) is 6.20 Å². The highest BCUT2D eigenvalue weighted by Crippen LogP contribution is 2.43. The fourth-order valence-electron chi connectivity index (χ4n) is 4.41. The zero-order valence-corrected chi connectivity index (χ0v) is 19.5. The lowest BCUT2D eigenvalue weighted by molar-refractivity contribution is 0.0970. The van der Waals surface area contributed by atoms with Crippen molar-refractivity contribution in [1.29, 1.82) is 0 Å². The van der Waals surface area contributed by atoms with E-state index in [2.05, 4.69) is 11.6 Å². The molecule has 1 amide bonds. The number of benzene rings is 2. The fraction of sp³-hybridized carbons (Fsp3) is 0.179. The number of carbonyl (C=O) groups is 1. The largest absolute Gasteiger partial charge is 0.490 e. The second kappa shape index (κ2) is 9.10. The predicted molar refractivity (Wildman–Crippen MR) is 133 cm³/mol. The van der Waals surface area contributed by atoms with Crippen molar-refractivity contribution in [2.75, 3.05) is 18.1 Å². The lowest BCUT2D eigenvalue weighted by atomic mass is 9.98. The van der Waals surface area contributed by atoms with Crippen LogP contribution in [0, 0.1) is 6.92 Å². The topological polar surface area (TPSA) is 81.9 Å². The number of amides is 1. The summed E-state index contributed by atoms with van der Waals surface area (Å²) in [6.45, 7) is 8.18. The first kappa shape index (κ1) is 22.4. The molecular formula is C28H24N2O5. The van der Waals surface area contributed by atoms with Gasteiger partial charge in [0.15, 0.2) is 16.9 Å². The molecule has 176 valence electrons. The average Bonchev–Trinajstić information content (AvgIpc) is 3.16. The first-order chi connectivity index (χ1) is 17.0. The van der Waals surface area contributed by atoms with Crippen molar-refractivity contribution in [2.24, 2.45) is 0 Å². The number of para-hydroxylation sites is 1. The van der Waals surface area contributed by atoms with Gasteiger partial charge in [0.1, 0.15) is 18.0 Å². The van der Waals surface area contributed by atoms with E-state index in [1.54, 1.807) is 54.7 Å². The van der Waals surface area contributed by atoms with Crippen LogP contribution in [0.5, 0.6) is 11.5 Å². The molecule has 2 aromatic carbocycles. The Labute approximate surface area is 202 Å². The smallest absolute Gasteiger partial charge is 0.296 e. The molecule has 0 radical (unpaired) electrons. The molecule has 0 aliphatic carbocycles. The van der Waals surface area contributed by atoms with E-state index in [9.17, 15) is 9.59 Å². The summed E-state index contributed by atoms with van der Waals surface area (Å²) in [4.78, 5) is 33.4. The maximum Gasteiger partial charge on any atom is 0.296 e. The highest BCUT2D eigenvalue weighted by molar-refractivity contribution is 6.10. The molecule has 2 aromatic heterocycles. The number of rotatable bonds is 7. The van der Waals surface area contributed by atoms with Crippen molar-refractivity contribution < 1.29 is 18.7 Å². The number of nitrogens with zero attached hydrogens (tertiary/aromatic N) is 2. The van der Waals surface area contributed by atoms with Gasteiger partial charge >= 0.3 is 0 Å². The van der Waals surface area contributed by atoms with E-state index in [0.29, 0.717) is 47.1 Å². The van der Waals surface area contributed by atoms with Gasteiger partial charge in [-0.3, -0.25) is 14.5 Å². The number of hydrogen-bond acceptors (Lipinski definition) is 6. The molecule has 0 fully saturated rings. The van der Waals surface area contributed by atoms with Crippen LogP contribution in [0.15, 0.2) is 82.7 Å². The van der Waals surface area contributed by atoms with Gasteiger partial charge in [-0.15, -0.1) is 0 Å². The van der Waals surface area contributed by atoms with Crippen molar-refractivity contribution >= 4 is 22.7 Å². The quantitative estimate of drug-likeness (QED) is 0.346. The molecule has 7 nitrogen and oxygen atoms in total. The molecule has 4 aromatic rings. The van der Waals surface area contributed by atoms with Gasteiger partial charge in [-0.2, -0.15) is 0 Å². The van der Waals surface area contributed by atoms with Crippen LogP contribution >= 0.6 is 0 Å². The Balaban J connectivity index is 1.76. The molecule has 1 aliphatic heterocycles. The minimum Gasteiger partial charge on any atom is -0.490 e. The zero-order valence-electron chi connectivity index (χ0n) is 19.5. The molecule has 1 aliphatic rings. The van der Waals surface area contributed by atoms with E-state index in [0.717, 1.165) is 5.56 Å². The van der Waals surface area contributed by atoms with Gasteiger partial charge in [0.2, 0.25) is 5.76 Å². The van der Waals surface area contributed by atoms with Crippen LogP contribution in [0.3, 0.4) is 0 Å². The van der Waals surface area contributed by atoms with Gasteiger partial charge in [-0.05, 0) is 55.3 Å². The van der Waals surface area contributed by atoms with E-state index in [1.165, 1.54) is 4.90 Å². The van der Waals surface area contributed by atoms with Crippen LogP contribution in [0.4, 0.5) is 5.82 Å². The molecule has 1 atom stereocenters. The number of carbonyl (C=O) groups excluding carboxylic acids is 1. The van der Waals surface area contributed by atoms with Crippen molar-refractivity contribution in [2.45, 2.75) is 19.9 Å². The van der Waals surface area contributed by atoms with E-state index < -0.39 is 11.9 Å². The summed E-state index contributed by atoms with van der Waals surface area (Å²) in [5, 5.41) is 0.416. The first-order valence-corrected chi connectivity index (χ1v) is 11.4. The summed E-state index contributed by atoms with van der Waals surface area (Å²) in [6.07, 6.45) is 3.27. The molecule has 0 saturated carbocycles. The standard InChI is InChI=1S/C28H24N2O5/c1-4-15-34-21-13-12-18(16-22(21)33-5-2)24-23-25(31)19-10-6-7-11-20(19)35-26(23)28(32)30(24)27-17(3)9-8-14-29-27/h4,6-14,16,24H,1,5,15H2,2-3H3. The molecule has 0 saturated heterocycles. The Morgan fingerprint density at radius 1 is 1.09 bits per heavy atom. The Hall–Kier alpha value is -4.39. The molecule has 0 N–H and O–H groups in total. The van der Waals surface area contributed by atoms with Gasteiger partial charge < -0.3 is 13.9 Å². The third-order valence-electron chi connectivity index (χ3n) is 5.93. The molecule has 1 unspecified atom stereocenters. The molecule has 0 bridgehead atoms. The van der Waals surface area contributed by atoms with Crippen LogP contribution in [0.25, 0.3) is 11.0 Å². The van der Waals surface area contributed by atoms with E-state index in [1.807, 2.05) is 26.0 Å².